The van der Waals surface area contributed by atoms with Gasteiger partial charge < -0.3 is 10.2 Å². The highest BCUT2D eigenvalue weighted by atomic mass is 19.1. The van der Waals surface area contributed by atoms with Gasteiger partial charge >= 0.3 is 0 Å². The Bertz CT molecular complexity index is 546. The van der Waals surface area contributed by atoms with Crippen LogP contribution < -0.4 is 10.2 Å². The lowest BCUT2D eigenvalue weighted by Crippen LogP contribution is -2.36. The van der Waals surface area contributed by atoms with E-state index < -0.39 is 28.9 Å². The molecule has 0 fully saturated rings. The summed E-state index contributed by atoms with van der Waals surface area (Å²) < 4.78 is 27.4. The zero-order valence-corrected chi connectivity index (χ0v) is 10.7. The fourth-order valence-corrected chi connectivity index (χ4v) is 2.25. The van der Waals surface area contributed by atoms with Crippen LogP contribution in [0, 0.1) is 17.6 Å². The first-order valence-corrected chi connectivity index (χ1v) is 5.96. The zero-order chi connectivity index (χ0) is 14.2. The van der Waals surface area contributed by atoms with Crippen molar-refractivity contribution in [2.24, 2.45) is 5.92 Å². The highest BCUT2D eigenvalue weighted by molar-refractivity contribution is 6.52. The number of anilines is 1. The minimum atomic E-state index is -0.983. The minimum Gasteiger partial charge on any atom is -0.319 e. The molecule has 0 saturated carbocycles. The summed E-state index contributed by atoms with van der Waals surface area (Å²) in [5.74, 6) is -3.47. The standard InChI is InChI=1S/C13H14F2N2O2/c1-7(5-16-2)6-17-11-9(15)4-3-8(14)10(11)12(18)13(17)19/h3-4,7,16H,5-6H2,1-2H3. The van der Waals surface area contributed by atoms with Gasteiger partial charge in [-0.1, -0.05) is 6.92 Å². The van der Waals surface area contributed by atoms with Gasteiger partial charge in [0.05, 0.1) is 11.3 Å². The summed E-state index contributed by atoms with van der Waals surface area (Å²) in [6, 6.07) is 1.79. The van der Waals surface area contributed by atoms with Crippen molar-refractivity contribution in [3.8, 4) is 0 Å². The summed E-state index contributed by atoms with van der Waals surface area (Å²) in [7, 11) is 1.75. The van der Waals surface area contributed by atoms with Crippen LogP contribution in [0.1, 0.15) is 17.3 Å². The molecule has 102 valence electrons. The number of Topliss-reactive ketones (excluding diaryl/α,β-unsaturated/α-hetero) is 1. The molecule has 19 heavy (non-hydrogen) atoms. The van der Waals surface area contributed by atoms with Crippen molar-refractivity contribution in [1.82, 2.24) is 5.32 Å². The van der Waals surface area contributed by atoms with Crippen molar-refractivity contribution in [2.45, 2.75) is 6.92 Å². The minimum absolute atomic E-state index is 0.00960. The number of nitrogens with zero attached hydrogens (tertiary/aromatic N) is 1. The third-order valence-corrected chi connectivity index (χ3v) is 3.06. The SMILES string of the molecule is CNCC(C)CN1C(=O)C(=O)c2c(F)ccc(F)c21. The lowest BCUT2D eigenvalue weighted by atomic mass is 10.1. The van der Waals surface area contributed by atoms with Gasteiger partial charge in [-0.3, -0.25) is 9.59 Å². The van der Waals surface area contributed by atoms with E-state index in [4.69, 9.17) is 0 Å². The molecule has 1 N–H and O–H groups in total. The predicted molar refractivity (Wildman–Crippen MR) is 66.1 cm³/mol. The van der Waals surface area contributed by atoms with E-state index in [-0.39, 0.29) is 18.2 Å². The van der Waals surface area contributed by atoms with Gasteiger partial charge in [0.1, 0.15) is 11.6 Å². The van der Waals surface area contributed by atoms with Crippen molar-refractivity contribution >= 4 is 17.4 Å². The van der Waals surface area contributed by atoms with Crippen molar-refractivity contribution in [3.63, 3.8) is 0 Å². The Kier molecular flexibility index (Phi) is 3.61. The lowest BCUT2D eigenvalue weighted by Gasteiger charge is -2.21. The molecule has 1 aromatic carbocycles. The van der Waals surface area contributed by atoms with Crippen LogP contribution in [0.25, 0.3) is 0 Å². The number of ketones is 1. The number of halogens is 2. The lowest BCUT2D eigenvalue weighted by molar-refractivity contribution is -0.114. The Morgan fingerprint density at radius 1 is 1.26 bits per heavy atom. The van der Waals surface area contributed by atoms with E-state index >= 15 is 0 Å². The third-order valence-electron chi connectivity index (χ3n) is 3.06. The maximum absolute atomic E-state index is 13.8. The molecule has 1 atom stereocenters. The molecule has 1 heterocycles. The Balaban J connectivity index is 2.41. The second-order valence-electron chi connectivity index (χ2n) is 4.66. The molecule has 1 aliphatic heterocycles. The van der Waals surface area contributed by atoms with Gasteiger partial charge in [0.15, 0.2) is 0 Å². The average molecular weight is 268 g/mol. The molecule has 4 nitrogen and oxygen atoms in total. The normalized spacial score (nSPS) is 15.9. The van der Waals surface area contributed by atoms with E-state index in [9.17, 15) is 18.4 Å². The molecular formula is C13H14F2N2O2. The number of carbonyl (C=O) groups is 2. The molecule has 2 rings (SSSR count). The van der Waals surface area contributed by atoms with Gasteiger partial charge in [0, 0.05) is 6.54 Å². The number of fused-ring (bicyclic) bond motifs is 1. The number of carbonyl (C=O) groups excluding carboxylic acids is 2. The molecule has 0 saturated heterocycles. The molecule has 0 spiro atoms. The molecule has 1 amide bonds. The van der Waals surface area contributed by atoms with Crippen LogP contribution in [-0.4, -0.2) is 31.8 Å². The third kappa shape index (κ3) is 2.23. The molecule has 1 unspecified atom stereocenters. The Morgan fingerprint density at radius 3 is 2.53 bits per heavy atom. The largest absolute Gasteiger partial charge is 0.319 e. The van der Waals surface area contributed by atoms with E-state index in [1.807, 2.05) is 6.92 Å². The van der Waals surface area contributed by atoms with Crippen LogP contribution in [0.15, 0.2) is 12.1 Å². The van der Waals surface area contributed by atoms with E-state index in [1.165, 1.54) is 0 Å². The second-order valence-corrected chi connectivity index (χ2v) is 4.66. The molecule has 1 aromatic rings. The highest BCUT2D eigenvalue weighted by Gasteiger charge is 2.40. The van der Waals surface area contributed by atoms with Crippen LogP contribution in [0.2, 0.25) is 0 Å². The number of hydrogen-bond donors (Lipinski definition) is 1. The van der Waals surface area contributed by atoms with Gasteiger partial charge in [-0.25, -0.2) is 8.78 Å². The fourth-order valence-electron chi connectivity index (χ4n) is 2.25. The monoisotopic (exact) mass is 268 g/mol. The van der Waals surface area contributed by atoms with Gasteiger partial charge in [-0.15, -0.1) is 0 Å². The summed E-state index contributed by atoms with van der Waals surface area (Å²) in [4.78, 5) is 24.6. The number of amides is 1. The van der Waals surface area contributed by atoms with Crippen molar-refractivity contribution in [2.75, 3.05) is 25.0 Å². The highest BCUT2D eigenvalue weighted by Crippen LogP contribution is 2.34. The number of rotatable bonds is 4. The maximum atomic E-state index is 13.8. The fraction of sp³-hybridized carbons (Fsp3) is 0.385. The van der Waals surface area contributed by atoms with Crippen LogP contribution in [0.3, 0.4) is 0 Å². The van der Waals surface area contributed by atoms with Gasteiger partial charge in [-0.2, -0.15) is 0 Å². The van der Waals surface area contributed by atoms with Gasteiger partial charge in [-0.05, 0) is 31.6 Å². The van der Waals surface area contributed by atoms with Crippen LogP contribution in [0.5, 0.6) is 0 Å². The molecule has 1 aliphatic rings. The summed E-state index contributed by atoms with van der Waals surface area (Å²) in [5.41, 5.74) is -0.695. The summed E-state index contributed by atoms with van der Waals surface area (Å²) in [6.45, 7) is 2.62. The van der Waals surface area contributed by atoms with Crippen molar-refractivity contribution in [1.29, 1.82) is 0 Å². The van der Waals surface area contributed by atoms with E-state index in [1.54, 1.807) is 7.05 Å². The Morgan fingerprint density at radius 2 is 1.89 bits per heavy atom. The first kappa shape index (κ1) is 13.6. The molecule has 6 heteroatoms. The second kappa shape index (κ2) is 5.05. The summed E-state index contributed by atoms with van der Waals surface area (Å²) in [5, 5.41) is 2.93. The predicted octanol–water partition coefficient (Wildman–Crippen LogP) is 1.35. The zero-order valence-electron chi connectivity index (χ0n) is 10.7. The Hall–Kier alpha value is -1.82. The summed E-state index contributed by atoms with van der Waals surface area (Å²) in [6.07, 6.45) is 0. The first-order chi connectivity index (χ1) is 8.97. The van der Waals surface area contributed by atoms with Crippen LogP contribution in [-0.2, 0) is 4.79 Å². The van der Waals surface area contributed by atoms with Gasteiger partial charge in [0.25, 0.3) is 11.7 Å². The molecule has 0 radical (unpaired) electrons. The summed E-state index contributed by atoms with van der Waals surface area (Å²) >= 11 is 0. The average Bonchev–Trinajstić information content (AvgIpc) is 2.60. The molecule has 0 aromatic heterocycles. The topological polar surface area (TPSA) is 49.4 Å². The van der Waals surface area contributed by atoms with E-state index in [0.717, 1.165) is 17.0 Å². The quantitative estimate of drug-likeness (QED) is 0.839. The molecule has 0 aliphatic carbocycles. The smallest absolute Gasteiger partial charge is 0.299 e. The molecule has 0 bridgehead atoms. The van der Waals surface area contributed by atoms with Gasteiger partial charge in [0.2, 0.25) is 0 Å². The maximum Gasteiger partial charge on any atom is 0.299 e. The number of benzene rings is 1. The number of hydrogen-bond acceptors (Lipinski definition) is 3. The first-order valence-electron chi connectivity index (χ1n) is 5.96. The van der Waals surface area contributed by atoms with Crippen LogP contribution >= 0.6 is 0 Å². The van der Waals surface area contributed by atoms with Crippen LogP contribution in [0.4, 0.5) is 14.5 Å². The number of nitrogens with one attached hydrogen (secondary N) is 1. The van der Waals surface area contributed by atoms with E-state index in [2.05, 4.69) is 5.32 Å². The van der Waals surface area contributed by atoms with E-state index in [0.29, 0.717) is 6.54 Å². The molecular weight excluding hydrogens is 254 g/mol. The van der Waals surface area contributed by atoms with Crippen molar-refractivity contribution < 1.29 is 18.4 Å². The Labute approximate surface area is 109 Å². The van der Waals surface area contributed by atoms with Crippen molar-refractivity contribution in [3.05, 3.63) is 29.3 Å².